The minimum Gasteiger partial charge on any atom is -0.465 e. The molecule has 0 radical (unpaired) electrons. The van der Waals surface area contributed by atoms with E-state index in [2.05, 4.69) is 31.9 Å². The summed E-state index contributed by atoms with van der Waals surface area (Å²) in [6, 6.07) is 30.8. The Bertz CT molecular complexity index is 2030. The van der Waals surface area contributed by atoms with Gasteiger partial charge in [0.15, 0.2) is 0 Å². The van der Waals surface area contributed by atoms with E-state index >= 15 is 0 Å². The predicted octanol–water partition coefficient (Wildman–Crippen LogP) is 8.80. The van der Waals surface area contributed by atoms with Crippen molar-refractivity contribution in [3.05, 3.63) is 141 Å². The lowest BCUT2D eigenvalue weighted by atomic mass is 10.0. The van der Waals surface area contributed by atoms with Gasteiger partial charge in [0, 0.05) is 31.6 Å². The molecule has 0 spiro atoms. The highest BCUT2D eigenvalue weighted by molar-refractivity contribution is 9.10. The van der Waals surface area contributed by atoms with Gasteiger partial charge < -0.3 is 20.7 Å². The van der Waals surface area contributed by atoms with Crippen LogP contribution in [0.25, 0.3) is 17.2 Å². The van der Waals surface area contributed by atoms with Gasteiger partial charge in [-0.2, -0.15) is 0 Å². The molecule has 1 atom stereocenters. The zero-order valence-corrected chi connectivity index (χ0v) is 30.0. The van der Waals surface area contributed by atoms with Gasteiger partial charge in [0.25, 0.3) is 11.8 Å². The van der Waals surface area contributed by atoms with Crippen molar-refractivity contribution in [1.82, 2.24) is 5.32 Å². The van der Waals surface area contributed by atoms with Crippen molar-refractivity contribution in [2.24, 2.45) is 0 Å². The zero-order valence-electron chi connectivity index (χ0n) is 26.8. The van der Waals surface area contributed by atoms with Crippen LogP contribution < -0.4 is 16.0 Å². The second-order valence-corrected chi connectivity index (χ2v) is 14.1. The molecule has 5 aromatic rings. The Balaban J connectivity index is 1.30. The summed E-state index contributed by atoms with van der Waals surface area (Å²) >= 11 is 6.00. The van der Waals surface area contributed by atoms with Crippen LogP contribution in [0.4, 0.5) is 10.7 Å². The molecule has 4 aromatic carbocycles. The number of hydrogen-bond acceptors (Lipinski definition) is 7. The molecule has 0 fully saturated rings. The molecule has 1 unspecified atom stereocenters. The first-order valence-electron chi connectivity index (χ1n) is 15.1. The number of benzene rings is 4. The molecule has 248 valence electrons. The van der Waals surface area contributed by atoms with Crippen LogP contribution in [0.15, 0.2) is 124 Å². The van der Waals surface area contributed by atoms with Crippen molar-refractivity contribution in [2.75, 3.05) is 17.7 Å². The van der Waals surface area contributed by atoms with Crippen LogP contribution >= 0.6 is 39.0 Å². The number of hydrogen-bond donors (Lipinski definition) is 3. The van der Waals surface area contributed by atoms with Gasteiger partial charge in [0.1, 0.15) is 16.3 Å². The molecule has 5 rings (SSSR count). The highest BCUT2D eigenvalue weighted by Gasteiger charge is 2.24. The number of halogens is 1. The highest BCUT2D eigenvalue weighted by Crippen LogP contribution is 2.37. The molecule has 0 aliphatic heterocycles. The molecule has 8 nitrogen and oxygen atoms in total. The molecule has 0 bridgehead atoms. The summed E-state index contributed by atoms with van der Waals surface area (Å²) in [5.74, 6) is -1.78. The van der Waals surface area contributed by atoms with E-state index in [0.717, 1.165) is 20.5 Å². The van der Waals surface area contributed by atoms with Crippen LogP contribution in [0.1, 0.15) is 38.8 Å². The van der Waals surface area contributed by atoms with Crippen molar-refractivity contribution in [1.29, 1.82) is 0 Å². The number of rotatable bonds is 11. The maximum Gasteiger partial charge on any atom is 0.341 e. The summed E-state index contributed by atoms with van der Waals surface area (Å²) in [5, 5.41) is 10.2. The lowest BCUT2D eigenvalue weighted by molar-refractivity contribution is -0.115. The largest absolute Gasteiger partial charge is 0.465 e. The number of carbonyl (C=O) groups excluding carboxylic acids is 4. The maximum absolute atomic E-state index is 13.5. The number of carbonyl (C=O) groups is 4. The summed E-state index contributed by atoms with van der Waals surface area (Å²) in [6.45, 7) is 3.74. The molecule has 1 heterocycles. The number of thioether (sulfide) groups is 1. The minimum atomic E-state index is -0.557. The molecule has 49 heavy (non-hydrogen) atoms. The Hall–Kier alpha value is -4.97. The SMILES string of the molecule is COC(=O)c1c(-c2ccc(C)cc2)csc1NC(=O)C(C)Sc1cccc(NC(=O)/C(=C\c2cccc(Br)c2)NC(=O)c2ccccc2)c1. The summed E-state index contributed by atoms with van der Waals surface area (Å²) in [4.78, 5) is 53.4. The Morgan fingerprint density at radius 2 is 1.61 bits per heavy atom. The van der Waals surface area contributed by atoms with E-state index in [1.807, 2.05) is 66.9 Å². The maximum atomic E-state index is 13.5. The Labute approximate surface area is 301 Å². The second-order valence-electron chi connectivity index (χ2n) is 10.9. The second kappa shape index (κ2) is 16.4. The quantitative estimate of drug-likeness (QED) is 0.0706. The lowest BCUT2D eigenvalue weighted by Gasteiger charge is -2.14. The van der Waals surface area contributed by atoms with Crippen molar-refractivity contribution in [2.45, 2.75) is 24.0 Å². The molecular formula is C38H32BrN3O5S2. The molecule has 0 aliphatic rings. The van der Waals surface area contributed by atoms with Gasteiger partial charge in [0.05, 0.1) is 12.4 Å². The number of anilines is 2. The first-order valence-corrected chi connectivity index (χ1v) is 17.7. The lowest BCUT2D eigenvalue weighted by Crippen LogP contribution is -2.30. The number of thiophene rings is 1. The third-order valence-corrected chi connectivity index (χ3v) is 9.72. The summed E-state index contributed by atoms with van der Waals surface area (Å²) in [6.07, 6.45) is 1.60. The normalized spacial score (nSPS) is 11.7. The smallest absolute Gasteiger partial charge is 0.341 e. The standard InChI is InChI=1S/C38H32BrN3O5S2/c1-23-15-17-26(18-16-23)31-22-48-37(33(31)38(46)47-3)42-34(43)24(2)49-30-14-8-13-29(21-30)40-36(45)32(20-25-9-7-12-28(39)19-25)41-35(44)27-10-5-4-6-11-27/h4-22,24H,1-3H3,(H,40,45)(H,41,44)(H,42,43)/b32-20+. The summed E-state index contributed by atoms with van der Waals surface area (Å²) in [7, 11) is 1.31. The molecule has 11 heteroatoms. The number of aryl methyl sites for hydroxylation is 1. The van der Waals surface area contributed by atoms with Gasteiger partial charge in [0.2, 0.25) is 5.91 Å². The summed E-state index contributed by atoms with van der Waals surface area (Å²) < 4.78 is 5.87. The van der Waals surface area contributed by atoms with Crippen molar-refractivity contribution >= 4 is 79.5 Å². The first kappa shape index (κ1) is 35.3. The predicted molar refractivity (Wildman–Crippen MR) is 201 cm³/mol. The van der Waals surface area contributed by atoms with E-state index < -0.39 is 23.0 Å². The number of ether oxygens (including phenoxy) is 1. The van der Waals surface area contributed by atoms with Crippen molar-refractivity contribution in [3.63, 3.8) is 0 Å². The van der Waals surface area contributed by atoms with Crippen LogP contribution in [0, 0.1) is 6.92 Å². The number of nitrogens with one attached hydrogen (secondary N) is 3. The average Bonchev–Trinajstić information content (AvgIpc) is 3.51. The third-order valence-electron chi connectivity index (χ3n) is 7.24. The van der Waals surface area contributed by atoms with E-state index in [0.29, 0.717) is 32.9 Å². The van der Waals surface area contributed by atoms with Crippen LogP contribution in [0.5, 0.6) is 0 Å². The fourth-order valence-electron chi connectivity index (χ4n) is 4.72. The van der Waals surface area contributed by atoms with Crippen LogP contribution in [0.2, 0.25) is 0 Å². The van der Waals surface area contributed by atoms with Gasteiger partial charge in [-0.15, -0.1) is 23.1 Å². The molecule has 3 amide bonds. The molecular weight excluding hydrogens is 722 g/mol. The van der Waals surface area contributed by atoms with Gasteiger partial charge >= 0.3 is 5.97 Å². The molecule has 0 saturated heterocycles. The fraction of sp³-hybridized carbons (Fsp3) is 0.105. The Kier molecular flexibility index (Phi) is 11.8. The number of esters is 1. The highest BCUT2D eigenvalue weighted by atomic mass is 79.9. The Morgan fingerprint density at radius 3 is 2.33 bits per heavy atom. The topological polar surface area (TPSA) is 114 Å². The average molecular weight is 755 g/mol. The van der Waals surface area contributed by atoms with Crippen molar-refractivity contribution in [3.8, 4) is 11.1 Å². The van der Waals surface area contributed by atoms with Crippen molar-refractivity contribution < 1.29 is 23.9 Å². The molecule has 3 N–H and O–H groups in total. The van der Waals surface area contributed by atoms with Crippen LogP contribution in [-0.4, -0.2) is 36.1 Å². The molecule has 1 aromatic heterocycles. The zero-order chi connectivity index (χ0) is 34.9. The van der Waals surface area contributed by atoms with Crippen LogP contribution in [0.3, 0.4) is 0 Å². The molecule has 0 aliphatic carbocycles. The van der Waals surface area contributed by atoms with Gasteiger partial charge in [-0.3, -0.25) is 14.4 Å². The van der Waals surface area contributed by atoms with E-state index in [1.165, 1.54) is 30.2 Å². The van der Waals surface area contributed by atoms with Crippen LogP contribution in [-0.2, 0) is 14.3 Å². The van der Waals surface area contributed by atoms with Gasteiger partial charge in [-0.25, -0.2) is 4.79 Å². The van der Waals surface area contributed by atoms with E-state index in [4.69, 9.17) is 4.74 Å². The van der Waals surface area contributed by atoms with E-state index in [1.54, 1.807) is 61.5 Å². The van der Waals surface area contributed by atoms with E-state index in [9.17, 15) is 19.2 Å². The summed E-state index contributed by atoms with van der Waals surface area (Å²) in [5.41, 5.74) is 4.58. The first-order chi connectivity index (χ1) is 23.6. The third kappa shape index (κ3) is 9.35. The number of amides is 3. The molecule has 0 saturated carbocycles. The fourth-order valence-corrected chi connectivity index (χ4v) is 7.03. The number of methoxy groups -OCH3 is 1. The minimum absolute atomic E-state index is 0.0557. The monoisotopic (exact) mass is 753 g/mol. The van der Waals surface area contributed by atoms with E-state index in [-0.39, 0.29) is 11.6 Å². The van der Waals surface area contributed by atoms with Gasteiger partial charge in [-0.05, 0) is 73.5 Å². The Morgan fingerprint density at radius 1 is 0.878 bits per heavy atom. The van der Waals surface area contributed by atoms with Gasteiger partial charge in [-0.1, -0.05) is 82.2 Å².